The van der Waals surface area contributed by atoms with Gasteiger partial charge in [-0.25, -0.2) is 4.79 Å². The lowest BCUT2D eigenvalue weighted by Gasteiger charge is -2.04. The summed E-state index contributed by atoms with van der Waals surface area (Å²) >= 11 is 0. The van der Waals surface area contributed by atoms with Gasteiger partial charge in [0.25, 0.3) is 0 Å². The highest BCUT2D eigenvalue weighted by molar-refractivity contribution is 5.67. The maximum absolute atomic E-state index is 11.6. The zero-order valence-electron chi connectivity index (χ0n) is 12.4. The van der Waals surface area contributed by atoms with Crippen molar-refractivity contribution in [3.63, 3.8) is 0 Å². The summed E-state index contributed by atoms with van der Waals surface area (Å²) in [5, 5.41) is 10.1. The number of carbonyl (C=O) groups is 1. The third-order valence-corrected chi connectivity index (χ3v) is 2.92. The van der Waals surface area contributed by atoms with Gasteiger partial charge >= 0.3 is 6.09 Å². The summed E-state index contributed by atoms with van der Waals surface area (Å²) in [6.07, 6.45) is -0.564. The van der Waals surface area contributed by atoms with Crippen LogP contribution in [0.3, 0.4) is 0 Å². The molecule has 23 heavy (non-hydrogen) atoms. The number of aryl methyl sites for hydroxylation is 1. The molecule has 3 rings (SSSR count). The number of amides is 1. The Labute approximate surface area is 131 Å². The molecule has 0 aliphatic heterocycles. The van der Waals surface area contributed by atoms with E-state index in [4.69, 9.17) is 13.8 Å². The molecular weight excluding hydrogens is 300 g/mol. The first kappa shape index (κ1) is 14.8. The molecule has 0 bridgehead atoms. The molecule has 8 nitrogen and oxygen atoms in total. The summed E-state index contributed by atoms with van der Waals surface area (Å²) in [5.74, 6) is 1.20. The van der Waals surface area contributed by atoms with Crippen molar-refractivity contribution < 1.29 is 18.6 Å². The van der Waals surface area contributed by atoms with E-state index in [2.05, 4.69) is 20.6 Å². The fourth-order valence-corrected chi connectivity index (χ4v) is 1.82. The molecule has 0 saturated carbocycles. The number of hydrogen-bond donors (Lipinski definition) is 1. The van der Waals surface area contributed by atoms with Crippen molar-refractivity contribution in [3.8, 4) is 11.5 Å². The van der Waals surface area contributed by atoms with E-state index >= 15 is 0 Å². The number of ether oxygens (including phenoxy) is 1. The van der Waals surface area contributed by atoms with Crippen molar-refractivity contribution in [3.05, 3.63) is 53.6 Å². The van der Waals surface area contributed by atoms with Gasteiger partial charge in [0.2, 0.25) is 11.7 Å². The number of nitrogens with one attached hydrogen (secondary N) is 1. The van der Waals surface area contributed by atoms with Crippen LogP contribution < -0.4 is 5.32 Å². The summed E-state index contributed by atoms with van der Waals surface area (Å²) < 4.78 is 15.0. The quantitative estimate of drug-likeness (QED) is 0.771. The molecule has 1 N–H and O–H groups in total. The largest absolute Gasteiger partial charge is 0.445 e. The molecule has 0 saturated heterocycles. The third kappa shape index (κ3) is 3.94. The number of rotatable bonds is 5. The Hall–Kier alpha value is -3.16. The molecule has 0 unspecified atom stereocenters. The predicted molar refractivity (Wildman–Crippen MR) is 78.0 cm³/mol. The van der Waals surface area contributed by atoms with E-state index in [0.29, 0.717) is 17.3 Å². The van der Waals surface area contributed by atoms with E-state index in [9.17, 15) is 4.79 Å². The lowest BCUT2D eigenvalue weighted by molar-refractivity contribution is 0.138. The summed E-state index contributed by atoms with van der Waals surface area (Å²) in [6.45, 7) is 2.03. The molecular formula is C15H14N4O4. The van der Waals surface area contributed by atoms with E-state index in [1.54, 1.807) is 13.0 Å². The molecule has 1 aromatic carbocycles. The van der Waals surface area contributed by atoms with Crippen LogP contribution in [0.4, 0.5) is 4.79 Å². The molecule has 8 heteroatoms. The molecule has 0 aliphatic carbocycles. The minimum absolute atomic E-state index is 0.0669. The number of alkyl carbamates (subject to hydrolysis) is 1. The van der Waals surface area contributed by atoms with Gasteiger partial charge in [-0.1, -0.05) is 40.6 Å². The Morgan fingerprint density at radius 1 is 1.22 bits per heavy atom. The van der Waals surface area contributed by atoms with Crippen LogP contribution in [0.15, 0.2) is 45.4 Å². The van der Waals surface area contributed by atoms with Gasteiger partial charge in [-0.15, -0.1) is 0 Å². The average molecular weight is 314 g/mol. The van der Waals surface area contributed by atoms with Crippen molar-refractivity contribution in [2.45, 2.75) is 20.1 Å². The molecule has 0 atom stereocenters. The monoisotopic (exact) mass is 314 g/mol. The topological polar surface area (TPSA) is 103 Å². The van der Waals surface area contributed by atoms with Gasteiger partial charge in [-0.2, -0.15) is 4.98 Å². The normalized spacial score (nSPS) is 10.5. The minimum Gasteiger partial charge on any atom is -0.445 e. The van der Waals surface area contributed by atoms with Gasteiger partial charge in [0.15, 0.2) is 5.69 Å². The van der Waals surface area contributed by atoms with E-state index in [-0.39, 0.29) is 19.0 Å². The second-order valence-corrected chi connectivity index (χ2v) is 4.75. The average Bonchev–Trinajstić information content (AvgIpc) is 3.20. The van der Waals surface area contributed by atoms with Gasteiger partial charge < -0.3 is 19.1 Å². The Bertz CT molecular complexity index is 782. The first-order valence-electron chi connectivity index (χ1n) is 6.91. The van der Waals surface area contributed by atoms with Crippen LogP contribution in [0.2, 0.25) is 0 Å². The number of carbonyl (C=O) groups excluding carboxylic acids is 1. The van der Waals surface area contributed by atoms with Gasteiger partial charge in [0, 0.05) is 6.07 Å². The van der Waals surface area contributed by atoms with Crippen molar-refractivity contribution in [1.82, 2.24) is 20.6 Å². The second-order valence-electron chi connectivity index (χ2n) is 4.75. The standard InChI is InChI=1S/C15H14N4O4/c1-10-7-12(18-22-10)14-17-13(23-19-14)8-16-15(20)21-9-11-5-3-2-4-6-11/h2-7H,8-9H2,1H3,(H,16,20). The van der Waals surface area contributed by atoms with Crippen LogP contribution in [0, 0.1) is 6.92 Å². The number of hydrogen-bond acceptors (Lipinski definition) is 7. The van der Waals surface area contributed by atoms with Crippen LogP contribution >= 0.6 is 0 Å². The second kappa shape index (κ2) is 6.73. The van der Waals surface area contributed by atoms with Crippen molar-refractivity contribution in [2.75, 3.05) is 0 Å². The minimum atomic E-state index is -0.564. The first-order valence-corrected chi connectivity index (χ1v) is 6.91. The molecule has 0 aliphatic rings. The number of benzene rings is 1. The molecule has 0 radical (unpaired) electrons. The van der Waals surface area contributed by atoms with Crippen LogP contribution in [-0.4, -0.2) is 21.4 Å². The summed E-state index contributed by atoms with van der Waals surface area (Å²) in [7, 11) is 0. The molecule has 1 amide bonds. The zero-order chi connectivity index (χ0) is 16.1. The molecule has 2 aromatic heterocycles. The van der Waals surface area contributed by atoms with Crippen molar-refractivity contribution in [1.29, 1.82) is 0 Å². The number of nitrogens with zero attached hydrogens (tertiary/aromatic N) is 3. The fraction of sp³-hybridized carbons (Fsp3) is 0.200. The van der Waals surface area contributed by atoms with E-state index in [1.165, 1.54) is 0 Å². The Morgan fingerprint density at radius 2 is 2.04 bits per heavy atom. The van der Waals surface area contributed by atoms with E-state index in [0.717, 1.165) is 5.56 Å². The molecule has 2 heterocycles. The Kier molecular flexibility index (Phi) is 4.32. The maximum atomic E-state index is 11.6. The summed E-state index contributed by atoms with van der Waals surface area (Å²) in [6, 6.07) is 11.1. The van der Waals surface area contributed by atoms with E-state index < -0.39 is 6.09 Å². The first-order chi connectivity index (χ1) is 11.2. The highest BCUT2D eigenvalue weighted by Crippen LogP contribution is 2.15. The van der Waals surface area contributed by atoms with Crippen molar-refractivity contribution >= 4 is 6.09 Å². The zero-order valence-corrected chi connectivity index (χ0v) is 12.4. The molecule has 0 fully saturated rings. The lowest BCUT2D eigenvalue weighted by Crippen LogP contribution is -2.23. The lowest BCUT2D eigenvalue weighted by atomic mass is 10.2. The van der Waals surface area contributed by atoms with Gasteiger partial charge in [-0.05, 0) is 12.5 Å². The van der Waals surface area contributed by atoms with Gasteiger partial charge in [0.05, 0.1) is 0 Å². The predicted octanol–water partition coefficient (Wildman–Crippen LogP) is 2.46. The highest BCUT2D eigenvalue weighted by atomic mass is 16.5. The molecule has 118 valence electrons. The number of aromatic nitrogens is 3. The Balaban J connectivity index is 1.48. The fourth-order valence-electron chi connectivity index (χ4n) is 1.82. The van der Waals surface area contributed by atoms with Gasteiger partial charge in [0.1, 0.15) is 18.9 Å². The SMILES string of the molecule is Cc1cc(-c2noc(CNC(=O)OCc3ccccc3)n2)no1. The van der Waals surface area contributed by atoms with Gasteiger partial charge in [-0.3, -0.25) is 0 Å². The highest BCUT2D eigenvalue weighted by Gasteiger charge is 2.13. The maximum Gasteiger partial charge on any atom is 0.407 e. The smallest absolute Gasteiger partial charge is 0.407 e. The molecule has 0 spiro atoms. The van der Waals surface area contributed by atoms with Crippen LogP contribution in [-0.2, 0) is 17.9 Å². The Morgan fingerprint density at radius 3 is 2.78 bits per heavy atom. The van der Waals surface area contributed by atoms with E-state index in [1.807, 2.05) is 30.3 Å². The summed E-state index contributed by atoms with van der Waals surface area (Å²) in [5.41, 5.74) is 1.38. The van der Waals surface area contributed by atoms with Crippen LogP contribution in [0.5, 0.6) is 0 Å². The van der Waals surface area contributed by atoms with Crippen LogP contribution in [0.1, 0.15) is 17.2 Å². The summed E-state index contributed by atoms with van der Waals surface area (Å²) in [4.78, 5) is 15.7. The third-order valence-electron chi connectivity index (χ3n) is 2.92. The van der Waals surface area contributed by atoms with Crippen LogP contribution in [0.25, 0.3) is 11.5 Å². The van der Waals surface area contributed by atoms with Crippen molar-refractivity contribution in [2.24, 2.45) is 0 Å². The molecule has 3 aromatic rings.